The molecule has 0 aromatic heterocycles. The van der Waals surface area contributed by atoms with E-state index in [0.29, 0.717) is 36.7 Å². The van der Waals surface area contributed by atoms with E-state index >= 15 is 0 Å². The average Bonchev–Trinajstić information content (AvgIpc) is 3.19. The Bertz CT molecular complexity index is 509. The highest BCUT2D eigenvalue weighted by Gasteiger charge is 2.29. The van der Waals surface area contributed by atoms with E-state index in [-0.39, 0.29) is 5.82 Å². The van der Waals surface area contributed by atoms with Crippen molar-refractivity contribution in [2.24, 2.45) is 0 Å². The minimum absolute atomic E-state index is 0.319. The van der Waals surface area contributed by atoms with E-state index in [2.05, 4.69) is 17.0 Å². The molecular formula is C14H14FN3. The molecule has 0 aliphatic heterocycles. The lowest BCUT2D eigenvalue weighted by molar-refractivity contribution is 0.260. The molecule has 0 radical (unpaired) electrons. The normalized spacial score (nSPS) is 14.2. The van der Waals surface area contributed by atoms with Gasteiger partial charge in [0, 0.05) is 25.6 Å². The third-order valence-corrected chi connectivity index (χ3v) is 3.14. The van der Waals surface area contributed by atoms with Crippen LogP contribution in [0.3, 0.4) is 0 Å². The molecule has 0 atom stereocenters. The molecule has 0 N–H and O–H groups in total. The molecule has 1 aromatic rings. The lowest BCUT2D eigenvalue weighted by Gasteiger charge is -2.21. The highest BCUT2D eigenvalue weighted by atomic mass is 19.1. The van der Waals surface area contributed by atoms with Crippen molar-refractivity contribution in [2.45, 2.75) is 31.8 Å². The Morgan fingerprint density at radius 3 is 2.72 bits per heavy atom. The van der Waals surface area contributed by atoms with Crippen LogP contribution in [0.2, 0.25) is 0 Å². The first kappa shape index (κ1) is 12.5. The minimum Gasteiger partial charge on any atom is -0.295 e. The number of benzene rings is 1. The van der Waals surface area contributed by atoms with E-state index in [0.717, 1.165) is 12.8 Å². The second-order valence-corrected chi connectivity index (χ2v) is 4.52. The second kappa shape index (κ2) is 5.62. The quantitative estimate of drug-likeness (QED) is 0.798. The first-order valence-electron chi connectivity index (χ1n) is 6.04. The number of nitriles is 2. The van der Waals surface area contributed by atoms with Crippen LogP contribution < -0.4 is 0 Å². The van der Waals surface area contributed by atoms with Crippen LogP contribution in [0.4, 0.5) is 4.39 Å². The fourth-order valence-electron chi connectivity index (χ4n) is 2.04. The Morgan fingerprint density at radius 2 is 2.11 bits per heavy atom. The number of halogens is 1. The summed E-state index contributed by atoms with van der Waals surface area (Å²) in [5, 5.41) is 17.6. The largest absolute Gasteiger partial charge is 0.295 e. The molecule has 0 spiro atoms. The molecule has 1 aliphatic carbocycles. The molecule has 1 saturated carbocycles. The van der Waals surface area contributed by atoms with Crippen molar-refractivity contribution in [2.75, 3.05) is 6.54 Å². The number of nitrogens with zero attached hydrogens (tertiary/aromatic N) is 3. The van der Waals surface area contributed by atoms with Crippen molar-refractivity contribution < 1.29 is 4.39 Å². The van der Waals surface area contributed by atoms with E-state index in [1.807, 2.05) is 0 Å². The molecule has 4 heteroatoms. The Labute approximate surface area is 106 Å². The fourth-order valence-corrected chi connectivity index (χ4v) is 2.04. The van der Waals surface area contributed by atoms with Crippen LogP contribution in [-0.4, -0.2) is 17.5 Å². The lowest BCUT2D eigenvalue weighted by Crippen LogP contribution is -2.27. The molecule has 1 fully saturated rings. The fraction of sp³-hybridized carbons (Fsp3) is 0.429. The first-order valence-corrected chi connectivity index (χ1v) is 6.04. The molecule has 0 amide bonds. The monoisotopic (exact) mass is 243 g/mol. The summed E-state index contributed by atoms with van der Waals surface area (Å²) in [7, 11) is 0. The maximum Gasteiger partial charge on any atom is 0.123 e. The first-order chi connectivity index (χ1) is 8.74. The van der Waals surface area contributed by atoms with Gasteiger partial charge in [-0.3, -0.25) is 4.90 Å². The molecule has 0 bridgehead atoms. The van der Waals surface area contributed by atoms with Crippen molar-refractivity contribution in [1.82, 2.24) is 4.90 Å². The predicted molar refractivity (Wildman–Crippen MR) is 64.8 cm³/mol. The zero-order valence-electron chi connectivity index (χ0n) is 10.1. The van der Waals surface area contributed by atoms with Crippen LogP contribution in [-0.2, 0) is 6.54 Å². The Kier molecular flexibility index (Phi) is 3.92. The SMILES string of the molecule is N#CCCN(Cc1cc(F)ccc1C#N)C1CC1. The maximum atomic E-state index is 13.2. The Hall–Kier alpha value is -1.91. The van der Waals surface area contributed by atoms with E-state index in [9.17, 15) is 4.39 Å². The topological polar surface area (TPSA) is 50.8 Å². The predicted octanol–water partition coefficient (Wildman–Crippen LogP) is 2.58. The highest BCUT2D eigenvalue weighted by molar-refractivity contribution is 5.37. The number of rotatable bonds is 5. The van der Waals surface area contributed by atoms with Crippen LogP contribution in [0.25, 0.3) is 0 Å². The number of hydrogen-bond donors (Lipinski definition) is 0. The van der Waals surface area contributed by atoms with Crippen molar-refractivity contribution in [1.29, 1.82) is 10.5 Å². The second-order valence-electron chi connectivity index (χ2n) is 4.52. The molecule has 0 heterocycles. The molecule has 0 saturated heterocycles. The van der Waals surface area contributed by atoms with Gasteiger partial charge in [-0.25, -0.2) is 4.39 Å². The lowest BCUT2D eigenvalue weighted by atomic mass is 10.1. The van der Waals surface area contributed by atoms with Gasteiger partial charge < -0.3 is 0 Å². The third kappa shape index (κ3) is 3.06. The van der Waals surface area contributed by atoms with Gasteiger partial charge in [0.25, 0.3) is 0 Å². The van der Waals surface area contributed by atoms with E-state index in [1.165, 1.54) is 18.2 Å². The summed E-state index contributed by atoms with van der Waals surface area (Å²) in [5.41, 5.74) is 1.22. The highest BCUT2D eigenvalue weighted by Crippen LogP contribution is 2.29. The Morgan fingerprint density at radius 1 is 1.33 bits per heavy atom. The standard InChI is InChI=1S/C14H14FN3/c15-13-3-2-11(9-17)12(8-13)10-18(7-1-6-16)14-4-5-14/h2-3,8,14H,1,4-5,7,10H2. The molecule has 92 valence electrons. The van der Waals surface area contributed by atoms with E-state index in [1.54, 1.807) is 0 Å². The van der Waals surface area contributed by atoms with E-state index in [4.69, 9.17) is 10.5 Å². The minimum atomic E-state index is -0.319. The summed E-state index contributed by atoms with van der Waals surface area (Å²) in [6, 6.07) is 8.94. The molecule has 1 aromatic carbocycles. The van der Waals surface area contributed by atoms with Crippen molar-refractivity contribution >= 4 is 0 Å². The zero-order valence-corrected chi connectivity index (χ0v) is 10.1. The van der Waals surface area contributed by atoms with Crippen molar-refractivity contribution in [3.05, 3.63) is 35.1 Å². The smallest absolute Gasteiger partial charge is 0.123 e. The Balaban J connectivity index is 2.13. The maximum absolute atomic E-state index is 13.2. The van der Waals surface area contributed by atoms with Gasteiger partial charge in [0.2, 0.25) is 0 Å². The third-order valence-electron chi connectivity index (χ3n) is 3.14. The molecule has 2 rings (SSSR count). The van der Waals surface area contributed by atoms with Crippen molar-refractivity contribution in [3.8, 4) is 12.1 Å². The zero-order chi connectivity index (χ0) is 13.0. The van der Waals surface area contributed by atoms with Crippen molar-refractivity contribution in [3.63, 3.8) is 0 Å². The van der Waals surface area contributed by atoms with Gasteiger partial charge in [-0.1, -0.05) is 0 Å². The average molecular weight is 243 g/mol. The molecule has 18 heavy (non-hydrogen) atoms. The summed E-state index contributed by atoms with van der Waals surface area (Å²) >= 11 is 0. The molecule has 0 unspecified atom stereocenters. The van der Waals surface area contributed by atoms with Crippen LogP contribution in [0, 0.1) is 28.5 Å². The van der Waals surface area contributed by atoms with E-state index < -0.39 is 0 Å². The summed E-state index contributed by atoms with van der Waals surface area (Å²) in [5.74, 6) is -0.319. The molecule has 3 nitrogen and oxygen atoms in total. The van der Waals surface area contributed by atoms with Gasteiger partial charge in [0.1, 0.15) is 5.82 Å². The van der Waals surface area contributed by atoms with Crippen LogP contribution in [0.1, 0.15) is 30.4 Å². The van der Waals surface area contributed by atoms with Gasteiger partial charge in [-0.2, -0.15) is 10.5 Å². The van der Waals surface area contributed by atoms with Gasteiger partial charge in [-0.05, 0) is 36.6 Å². The number of hydrogen-bond acceptors (Lipinski definition) is 3. The van der Waals surface area contributed by atoms with Gasteiger partial charge >= 0.3 is 0 Å². The van der Waals surface area contributed by atoms with Crippen LogP contribution in [0.15, 0.2) is 18.2 Å². The van der Waals surface area contributed by atoms with Crippen LogP contribution >= 0.6 is 0 Å². The summed E-state index contributed by atoms with van der Waals surface area (Å²) in [6.45, 7) is 1.23. The summed E-state index contributed by atoms with van der Waals surface area (Å²) in [6.07, 6.45) is 2.72. The van der Waals surface area contributed by atoms with Gasteiger partial charge in [-0.15, -0.1) is 0 Å². The molecular weight excluding hydrogens is 229 g/mol. The van der Waals surface area contributed by atoms with Gasteiger partial charge in [0.15, 0.2) is 0 Å². The molecule has 1 aliphatic rings. The van der Waals surface area contributed by atoms with Crippen LogP contribution in [0.5, 0.6) is 0 Å². The van der Waals surface area contributed by atoms with Gasteiger partial charge in [0.05, 0.1) is 17.7 Å². The summed E-state index contributed by atoms with van der Waals surface area (Å²) in [4.78, 5) is 2.17. The summed E-state index contributed by atoms with van der Waals surface area (Å²) < 4.78 is 13.2.